The molecule has 1 aromatic heterocycles. The lowest BCUT2D eigenvalue weighted by Crippen LogP contribution is -2.16. The summed E-state index contributed by atoms with van der Waals surface area (Å²) in [6, 6.07) is 10.5. The summed E-state index contributed by atoms with van der Waals surface area (Å²) in [4.78, 5) is 2.29. The number of thiophene rings is 1. The van der Waals surface area contributed by atoms with Crippen LogP contribution < -0.4 is 0 Å². The molecule has 1 heterocycles. The van der Waals surface area contributed by atoms with E-state index in [2.05, 4.69) is 52.7 Å². The fourth-order valence-corrected chi connectivity index (χ4v) is 2.69. The lowest BCUT2D eigenvalue weighted by atomic mass is 10.1. The average molecular weight is 285 g/mol. The van der Waals surface area contributed by atoms with Gasteiger partial charge >= 0.3 is 0 Å². The Morgan fingerprint density at radius 1 is 1.20 bits per heavy atom. The predicted molar refractivity (Wildman–Crippen MR) is 84.5 cm³/mol. The Hall–Kier alpha value is -1.60. The molecule has 0 saturated carbocycles. The van der Waals surface area contributed by atoms with Gasteiger partial charge in [0, 0.05) is 25.1 Å². The molecule has 1 N–H and O–H groups in total. The standard InChI is InChI=1S/C17H19NOS/c1-18(13-17-8-10-20-14-17)12-16-7-4-6-15(11-16)5-2-3-9-19/h4,6-8,10-11,14,19H,3,9,12-13H2,1H3. The lowest BCUT2D eigenvalue weighted by Gasteiger charge is -2.16. The minimum atomic E-state index is 0.121. The Kier molecular flexibility index (Phi) is 5.82. The van der Waals surface area contributed by atoms with Crippen molar-refractivity contribution in [3.05, 3.63) is 57.8 Å². The molecule has 0 aliphatic rings. The zero-order valence-electron chi connectivity index (χ0n) is 11.7. The maximum absolute atomic E-state index is 8.73. The third kappa shape index (κ3) is 4.82. The maximum atomic E-state index is 8.73. The topological polar surface area (TPSA) is 23.5 Å². The first kappa shape index (κ1) is 14.8. The number of rotatable bonds is 5. The van der Waals surface area contributed by atoms with Crippen molar-refractivity contribution < 1.29 is 5.11 Å². The van der Waals surface area contributed by atoms with Crippen molar-refractivity contribution in [3.63, 3.8) is 0 Å². The second-order valence-corrected chi connectivity index (χ2v) is 5.56. The van der Waals surface area contributed by atoms with Crippen LogP contribution in [-0.2, 0) is 13.1 Å². The predicted octanol–water partition coefficient (Wildman–Crippen LogP) is 3.11. The van der Waals surface area contributed by atoms with Crippen LogP contribution in [0.25, 0.3) is 0 Å². The molecule has 2 rings (SSSR count). The van der Waals surface area contributed by atoms with Crippen molar-refractivity contribution >= 4 is 11.3 Å². The van der Waals surface area contributed by atoms with Crippen molar-refractivity contribution in [2.75, 3.05) is 13.7 Å². The fraction of sp³-hybridized carbons (Fsp3) is 0.294. The molecule has 104 valence electrons. The van der Waals surface area contributed by atoms with E-state index in [0.717, 1.165) is 18.7 Å². The van der Waals surface area contributed by atoms with Gasteiger partial charge in [-0.05, 0) is 47.1 Å². The third-order valence-electron chi connectivity index (χ3n) is 2.88. The largest absolute Gasteiger partial charge is 0.395 e. The van der Waals surface area contributed by atoms with E-state index >= 15 is 0 Å². The van der Waals surface area contributed by atoms with E-state index in [1.165, 1.54) is 11.1 Å². The molecular formula is C17H19NOS. The van der Waals surface area contributed by atoms with Crippen molar-refractivity contribution in [3.8, 4) is 11.8 Å². The van der Waals surface area contributed by atoms with E-state index < -0.39 is 0 Å². The fourth-order valence-electron chi connectivity index (χ4n) is 2.03. The van der Waals surface area contributed by atoms with Crippen LogP contribution in [0.4, 0.5) is 0 Å². The van der Waals surface area contributed by atoms with Crippen LogP contribution in [0.2, 0.25) is 0 Å². The van der Waals surface area contributed by atoms with Crippen LogP contribution in [0, 0.1) is 11.8 Å². The maximum Gasteiger partial charge on any atom is 0.0540 e. The molecule has 0 bridgehead atoms. The average Bonchev–Trinajstić information content (AvgIpc) is 2.92. The monoisotopic (exact) mass is 285 g/mol. The van der Waals surface area contributed by atoms with Crippen molar-refractivity contribution in [1.82, 2.24) is 4.90 Å². The first-order valence-corrected chi connectivity index (χ1v) is 7.60. The molecule has 1 aromatic carbocycles. The van der Waals surface area contributed by atoms with Crippen molar-refractivity contribution in [1.29, 1.82) is 0 Å². The number of hydrogen-bond donors (Lipinski definition) is 1. The Labute approximate surface area is 124 Å². The Morgan fingerprint density at radius 3 is 2.80 bits per heavy atom. The van der Waals surface area contributed by atoms with Crippen molar-refractivity contribution in [2.45, 2.75) is 19.5 Å². The van der Waals surface area contributed by atoms with Crippen molar-refractivity contribution in [2.24, 2.45) is 0 Å². The number of aliphatic hydroxyl groups excluding tert-OH is 1. The molecule has 0 saturated heterocycles. The Morgan fingerprint density at radius 2 is 2.05 bits per heavy atom. The summed E-state index contributed by atoms with van der Waals surface area (Å²) in [5.74, 6) is 6.03. The number of aliphatic hydroxyl groups is 1. The molecule has 2 nitrogen and oxygen atoms in total. The van der Waals surface area contributed by atoms with Crippen LogP contribution in [0.15, 0.2) is 41.1 Å². The van der Waals surface area contributed by atoms with Gasteiger partial charge in [0.1, 0.15) is 0 Å². The zero-order valence-corrected chi connectivity index (χ0v) is 12.5. The van der Waals surface area contributed by atoms with Gasteiger partial charge in [-0.2, -0.15) is 11.3 Å². The van der Waals surface area contributed by atoms with Crippen LogP contribution in [0.3, 0.4) is 0 Å². The van der Waals surface area contributed by atoms with Crippen LogP contribution >= 0.6 is 11.3 Å². The smallest absolute Gasteiger partial charge is 0.0540 e. The quantitative estimate of drug-likeness (QED) is 0.853. The number of benzene rings is 1. The number of nitrogens with zero attached hydrogens (tertiary/aromatic N) is 1. The highest BCUT2D eigenvalue weighted by atomic mass is 32.1. The minimum Gasteiger partial charge on any atom is -0.395 e. The van der Waals surface area contributed by atoms with Gasteiger partial charge in [0.05, 0.1) is 6.61 Å². The molecule has 20 heavy (non-hydrogen) atoms. The molecule has 0 atom stereocenters. The summed E-state index contributed by atoms with van der Waals surface area (Å²) >= 11 is 1.74. The first-order chi connectivity index (χ1) is 9.78. The molecule has 0 spiro atoms. The van der Waals surface area contributed by atoms with E-state index in [1.54, 1.807) is 11.3 Å². The normalized spacial score (nSPS) is 10.3. The SMILES string of the molecule is CN(Cc1ccsc1)Cc1cccc(C#CCCO)c1. The molecule has 0 aliphatic heterocycles. The van der Waals surface area contributed by atoms with Gasteiger partial charge in [-0.15, -0.1) is 0 Å². The highest BCUT2D eigenvalue weighted by Gasteiger charge is 2.02. The Bertz CT molecular complexity index is 581. The van der Waals surface area contributed by atoms with Gasteiger partial charge in [-0.1, -0.05) is 24.0 Å². The van der Waals surface area contributed by atoms with Gasteiger partial charge in [0.25, 0.3) is 0 Å². The molecule has 0 unspecified atom stereocenters. The van der Waals surface area contributed by atoms with E-state index in [4.69, 9.17) is 5.11 Å². The van der Waals surface area contributed by atoms with Gasteiger partial charge in [0.2, 0.25) is 0 Å². The molecule has 0 aliphatic carbocycles. The van der Waals surface area contributed by atoms with Gasteiger partial charge in [-0.3, -0.25) is 4.90 Å². The van der Waals surface area contributed by atoms with Crippen LogP contribution in [0.5, 0.6) is 0 Å². The Balaban J connectivity index is 1.95. The highest BCUT2D eigenvalue weighted by Crippen LogP contribution is 2.12. The van der Waals surface area contributed by atoms with Gasteiger partial charge < -0.3 is 5.11 Å². The van der Waals surface area contributed by atoms with E-state index in [-0.39, 0.29) is 6.61 Å². The van der Waals surface area contributed by atoms with Gasteiger partial charge in [0.15, 0.2) is 0 Å². The summed E-state index contributed by atoms with van der Waals surface area (Å²) in [7, 11) is 2.13. The summed E-state index contributed by atoms with van der Waals surface area (Å²) < 4.78 is 0. The van der Waals surface area contributed by atoms with E-state index in [0.29, 0.717) is 6.42 Å². The first-order valence-electron chi connectivity index (χ1n) is 6.66. The molecular weight excluding hydrogens is 266 g/mol. The second-order valence-electron chi connectivity index (χ2n) is 4.78. The van der Waals surface area contributed by atoms with E-state index in [9.17, 15) is 0 Å². The highest BCUT2D eigenvalue weighted by molar-refractivity contribution is 7.07. The summed E-state index contributed by atoms with van der Waals surface area (Å²) in [6.07, 6.45) is 0.530. The molecule has 2 aromatic rings. The molecule has 0 fully saturated rings. The summed E-state index contributed by atoms with van der Waals surface area (Å²) in [6.45, 7) is 1.99. The molecule has 0 radical (unpaired) electrons. The molecule has 3 heteroatoms. The number of hydrogen-bond acceptors (Lipinski definition) is 3. The van der Waals surface area contributed by atoms with E-state index in [1.807, 2.05) is 12.1 Å². The van der Waals surface area contributed by atoms with Gasteiger partial charge in [-0.25, -0.2) is 0 Å². The summed E-state index contributed by atoms with van der Waals surface area (Å²) in [5, 5.41) is 13.0. The zero-order chi connectivity index (χ0) is 14.2. The third-order valence-corrected chi connectivity index (χ3v) is 3.61. The lowest BCUT2D eigenvalue weighted by molar-refractivity contribution is 0.305. The van der Waals surface area contributed by atoms with Crippen LogP contribution in [-0.4, -0.2) is 23.7 Å². The molecule has 0 amide bonds. The summed E-state index contributed by atoms with van der Waals surface area (Å²) in [5.41, 5.74) is 3.63. The second kappa shape index (κ2) is 7.86. The van der Waals surface area contributed by atoms with Crippen LogP contribution in [0.1, 0.15) is 23.1 Å². The minimum absolute atomic E-state index is 0.121.